The van der Waals surface area contributed by atoms with Crippen molar-refractivity contribution in [1.29, 1.82) is 0 Å². The summed E-state index contributed by atoms with van der Waals surface area (Å²) >= 11 is 6.56. The zero-order valence-corrected chi connectivity index (χ0v) is 19.2. The summed E-state index contributed by atoms with van der Waals surface area (Å²) in [6.07, 6.45) is 3.90. The fraction of sp³-hybridized carbons (Fsp3) is 0.385. The quantitative estimate of drug-likeness (QED) is 0.434. The number of aromatic nitrogens is 1. The highest BCUT2D eigenvalue weighted by Gasteiger charge is 2.29. The van der Waals surface area contributed by atoms with Crippen LogP contribution in [-0.4, -0.2) is 29.4 Å². The number of methoxy groups -OCH3 is 1. The van der Waals surface area contributed by atoms with E-state index in [1.807, 2.05) is 17.0 Å². The van der Waals surface area contributed by atoms with Crippen molar-refractivity contribution >= 4 is 28.4 Å². The predicted molar refractivity (Wildman–Crippen MR) is 126 cm³/mol. The second kappa shape index (κ2) is 9.27. The first-order valence-electron chi connectivity index (χ1n) is 10.9. The van der Waals surface area contributed by atoms with E-state index in [0.717, 1.165) is 47.9 Å². The third-order valence-corrected chi connectivity index (χ3v) is 6.74. The van der Waals surface area contributed by atoms with Gasteiger partial charge < -0.3 is 9.64 Å². The van der Waals surface area contributed by atoms with E-state index in [4.69, 9.17) is 16.3 Å². The molecule has 1 aliphatic carbocycles. The van der Waals surface area contributed by atoms with Crippen LogP contribution in [0.5, 0.6) is 5.75 Å². The van der Waals surface area contributed by atoms with Crippen molar-refractivity contribution in [2.75, 3.05) is 13.7 Å². The van der Waals surface area contributed by atoms with Crippen LogP contribution in [0.2, 0.25) is 5.15 Å². The number of fused-ring (bicyclic) bond motifs is 1. The molecule has 0 saturated heterocycles. The molecule has 0 unspecified atom stereocenters. The standard InChI is InChI=1S/C26H29ClN2O2/c1-17-13-21-15-22(25(27)28-24(21)14-18(17)2)16-29(26(30)20-5-4-6-20)12-11-19-7-9-23(31-3)10-8-19/h7-10,13-15,20H,4-6,11-12,16H2,1-3H3. The molecule has 2 aromatic carbocycles. The Morgan fingerprint density at radius 1 is 1.13 bits per heavy atom. The molecule has 1 amide bonds. The maximum Gasteiger partial charge on any atom is 0.225 e. The van der Waals surface area contributed by atoms with Gasteiger partial charge >= 0.3 is 0 Å². The maximum absolute atomic E-state index is 13.2. The van der Waals surface area contributed by atoms with Crippen molar-refractivity contribution < 1.29 is 9.53 Å². The molecular formula is C26H29ClN2O2. The fourth-order valence-electron chi connectivity index (χ4n) is 4.01. The van der Waals surface area contributed by atoms with Gasteiger partial charge in [-0.3, -0.25) is 4.79 Å². The van der Waals surface area contributed by atoms with Crippen molar-refractivity contribution in [3.8, 4) is 5.75 Å². The van der Waals surface area contributed by atoms with Crippen molar-refractivity contribution in [3.63, 3.8) is 0 Å². The van der Waals surface area contributed by atoms with Crippen molar-refractivity contribution in [2.45, 2.75) is 46.1 Å². The van der Waals surface area contributed by atoms with Crippen molar-refractivity contribution in [1.82, 2.24) is 9.88 Å². The van der Waals surface area contributed by atoms with E-state index < -0.39 is 0 Å². The summed E-state index contributed by atoms with van der Waals surface area (Å²) in [6, 6.07) is 14.3. The minimum atomic E-state index is 0.146. The molecule has 162 valence electrons. The van der Waals surface area contributed by atoms with Gasteiger partial charge in [0, 0.05) is 30.0 Å². The van der Waals surface area contributed by atoms with Crippen LogP contribution in [0.1, 0.15) is 41.5 Å². The number of nitrogens with zero attached hydrogens (tertiary/aromatic N) is 2. The second-order valence-corrected chi connectivity index (χ2v) is 8.91. The topological polar surface area (TPSA) is 42.4 Å². The third-order valence-electron chi connectivity index (χ3n) is 6.41. The first-order valence-corrected chi connectivity index (χ1v) is 11.3. The van der Waals surface area contributed by atoms with Gasteiger partial charge in [-0.05, 0) is 80.1 Å². The summed E-state index contributed by atoms with van der Waals surface area (Å²) in [7, 11) is 1.66. The molecule has 1 aliphatic rings. The monoisotopic (exact) mass is 436 g/mol. The number of halogens is 1. The molecule has 1 heterocycles. The van der Waals surface area contributed by atoms with Gasteiger partial charge in [0.2, 0.25) is 5.91 Å². The van der Waals surface area contributed by atoms with E-state index in [0.29, 0.717) is 18.2 Å². The molecular weight excluding hydrogens is 408 g/mol. The van der Waals surface area contributed by atoms with Crippen LogP contribution in [0.15, 0.2) is 42.5 Å². The summed E-state index contributed by atoms with van der Waals surface area (Å²) in [5.41, 5.74) is 5.40. The Hall–Kier alpha value is -2.59. The van der Waals surface area contributed by atoms with Gasteiger partial charge in [-0.15, -0.1) is 0 Å². The average Bonchev–Trinajstić information content (AvgIpc) is 2.72. The molecule has 0 atom stereocenters. The second-order valence-electron chi connectivity index (χ2n) is 8.55. The molecule has 0 spiro atoms. The molecule has 0 radical (unpaired) electrons. The summed E-state index contributed by atoms with van der Waals surface area (Å²) in [4.78, 5) is 19.7. The number of rotatable bonds is 7. The molecule has 1 saturated carbocycles. The number of aryl methyl sites for hydroxylation is 2. The Kier molecular flexibility index (Phi) is 6.47. The smallest absolute Gasteiger partial charge is 0.225 e. The highest BCUT2D eigenvalue weighted by molar-refractivity contribution is 6.30. The van der Waals surface area contributed by atoms with E-state index in [1.54, 1.807) is 7.11 Å². The van der Waals surface area contributed by atoms with Gasteiger partial charge in [0.25, 0.3) is 0 Å². The van der Waals surface area contributed by atoms with Crippen molar-refractivity contribution in [3.05, 3.63) is 69.9 Å². The van der Waals surface area contributed by atoms with Crippen LogP contribution in [0, 0.1) is 19.8 Å². The first-order chi connectivity index (χ1) is 14.9. The van der Waals surface area contributed by atoms with E-state index in [9.17, 15) is 4.79 Å². The molecule has 5 heteroatoms. The van der Waals surface area contributed by atoms with Gasteiger partial charge in [-0.1, -0.05) is 30.2 Å². The Morgan fingerprint density at radius 2 is 1.84 bits per heavy atom. The molecule has 0 bridgehead atoms. The number of pyridine rings is 1. The number of carbonyl (C=O) groups is 1. The predicted octanol–water partition coefficient (Wildman–Crippen LogP) is 5.89. The highest BCUT2D eigenvalue weighted by Crippen LogP contribution is 2.30. The minimum absolute atomic E-state index is 0.146. The lowest BCUT2D eigenvalue weighted by Crippen LogP contribution is -2.39. The Morgan fingerprint density at radius 3 is 2.48 bits per heavy atom. The first kappa shape index (κ1) is 21.6. The number of benzene rings is 2. The zero-order chi connectivity index (χ0) is 22.0. The van der Waals surface area contributed by atoms with Crippen LogP contribution in [-0.2, 0) is 17.8 Å². The van der Waals surface area contributed by atoms with Crippen LogP contribution in [0.3, 0.4) is 0 Å². The van der Waals surface area contributed by atoms with Crippen molar-refractivity contribution in [2.24, 2.45) is 5.92 Å². The van der Waals surface area contributed by atoms with Gasteiger partial charge in [0.05, 0.1) is 12.6 Å². The number of amides is 1. The third kappa shape index (κ3) is 4.85. The van der Waals surface area contributed by atoms with Gasteiger partial charge in [-0.25, -0.2) is 4.98 Å². The molecule has 1 aromatic heterocycles. The van der Waals surface area contributed by atoms with Crippen LogP contribution >= 0.6 is 11.6 Å². The van der Waals surface area contributed by atoms with Crippen LogP contribution in [0.4, 0.5) is 0 Å². The Bertz CT molecular complexity index is 1090. The molecule has 3 aromatic rings. The molecule has 1 fully saturated rings. The maximum atomic E-state index is 13.2. The summed E-state index contributed by atoms with van der Waals surface area (Å²) in [5.74, 6) is 1.22. The van der Waals surface area contributed by atoms with E-state index in [-0.39, 0.29) is 11.8 Å². The lowest BCUT2D eigenvalue weighted by atomic mass is 9.84. The van der Waals surface area contributed by atoms with Gasteiger partial charge in [0.15, 0.2) is 0 Å². The molecule has 4 rings (SSSR count). The lowest BCUT2D eigenvalue weighted by Gasteiger charge is -2.32. The molecule has 0 N–H and O–H groups in total. The van der Waals surface area contributed by atoms with E-state index in [2.05, 4.69) is 49.2 Å². The molecule has 4 nitrogen and oxygen atoms in total. The van der Waals surface area contributed by atoms with E-state index >= 15 is 0 Å². The SMILES string of the molecule is COc1ccc(CCN(Cc2cc3cc(C)c(C)cc3nc2Cl)C(=O)C2CCC2)cc1. The Balaban J connectivity index is 1.56. The number of ether oxygens (including phenoxy) is 1. The fourth-order valence-corrected chi connectivity index (χ4v) is 4.22. The number of carbonyl (C=O) groups excluding carboxylic acids is 1. The Labute approximate surface area is 189 Å². The number of hydrogen-bond acceptors (Lipinski definition) is 3. The summed E-state index contributed by atoms with van der Waals surface area (Å²) < 4.78 is 5.24. The minimum Gasteiger partial charge on any atom is -0.497 e. The largest absolute Gasteiger partial charge is 0.497 e. The van der Waals surface area contributed by atoms with Crippen LogP contribution in [0.25, 0.3) is 10.9 Å². The van der Waals surface area contributed by atoms with Gasteiger partial charge in [0.1, 0.15) is 10.9 Å². The molecule has 31 heavy (non-hydrogen) atoms. The summed E-state index contributed by atoms with van der Waals surface area (Å²) in [6.45, 7) is 5.32. The normalized spacial score (nSPS) is 13.8. The van der Waals surface area contributed by atoms with Gasteiger partial charge in [-0.2, -0.15) is 0 Å². The summed E-state index contributed by atoms with van der Waals surface area (Å²) in [5, 5.41) is 1.54. The highest BCUT2D eigenvalue weighted by atomic mass is 35.5. The van der Waals surface area contributed by atoms with Crippen LogP contribution < -0.4 is 4.74 Å². The number of hydrogen-bond donors (Lipinski definition) is 0. The van der Waals surface area contributed by atoms with E-state index in [1.165, 1.54) is 16.7 Å². The zero-order valence-electron chi connectivity index (χ0n) is 18.5. The average molecular weight is 437 g/mol. The molecule has 0 aliphatic heterocycles. The lowest BCUT2D eigenvalue weighted by molar-refractivity contribution is -0.138.